The Labute approximate surface area is 62.3 Å². The van der Waals surface area contributed by atoms with Crippen molar-refractivity contribution in [2.75, 3.05) is 0 Å². The van der Waals surface area contributed by atoms with Crippen LogP contribution in [0.1, 0.15) is 27.7 Å². The van der Waals surface area contributed by atoms with Crippen molar-refractivity contribution in [2.24, 2.45) is 0 Å². The van der Waals surface area contributed by atoms with E-state index >= 15 is 0 Å². The number of carbonyl (C=O) groups is 1. The third kappa shape index (κ3) is 5.35. The Morgan fingerprint density at radius 3 is 2.20 bits per heavy atom. The number of ketones is 1. The van der Waals surface area contributed by atoms with Crippen LogP contribution in [-0.4, -0.2) is 11.8 Å². The largest absolute Gasteiger partial charge is 0.386 e. The van der Waals surface area contributed by atoms with E-state index in [1.165, 1.54) is 0 Å². The van der Waals surface area contributed by atoms with Gasteiger partial charge in [0.15, 0.2) is 5.78 Å². The maximum absolute atomic E-state index is 10.5. The monoisotopic (exact) mass is 141 g/mol. The minimum absolute atomic E-state index is 0.0886. The summed E-state index contributed by atoms with van der Waals surface area (Å²) in [5, 5.41) is 3.11. The van der Waals surface area contributed by atoms with Gasteiger partial charge in [-0.1, -0.05) is 0 Å². The van der Waals surface area contributed by atoms with E-state index in [1.807, 2.05) is 20.8 Å². The molecule has 0 aromatic heterocycles. The van der Waals surface area contributed by atoms with Crippen LogP contribution in [0.5, 0.6) is 0 Å². The van der Waals surface area contributed by atoms with Gasteiger partial charge in [0.05, 0.1) is 0 Å². The molecule has 2 heteroatoms. The second-order valence-electron chi connectivity index (χ2n) is 2.74. The van der Waals surface area contributed by atoms with Crippen molar-refractivity contribution in [1.29, 1.82) is 0 Å². The third-order valence-corrected chi connectivity index (χ3v) is 0.936. The Kier molecular flexibility index (Phi) is 3.77. The molecule has 1 N–H and O–H groups in total. The van der Waals surface area contributed by atoms with Crippen LogP contribution in [0.2, 0.25) is 0 Å². The fraction of sp³-hybridized carbons (Fsp3) is 0.625. The Bertz CT molecular complexity index is 147. The average molecular weight is 141 g/mol. The van der Waals surface area contributed by atoms with Gasteiger partial charge in [0.25, 0.3) is 0 Å². The van der Waals surface area contributed by atoms with Crippen molar-refractivity contribution in [3.05, 3.63) is 11.8 Å². The summed E-state index contributed by atoms with van der Waals surface area (Å²) in [6.45, 7) is 7.52. The second-order valence-corrected chi connectivity index (χ2v) is 2.74. The Morgan fingerprint density at radius 1 is 1.40 bits per heavy atom. The summed E-state index contributed by atoms with van der Waals surface area (Å²) in [5.41, 5.74) is 0.933. The molecule has 0 amide bonds. The lowest BCUT2D eigenvalue weighted by Crippen LogP contribution is -2.20. The molecule has 2 nitrogen and oxygen atoms in total. The SMILES string of the molecule is CC(=O)/C=C(\C)NC(C)C. The normalized spacial score (nSPS) is 11.9. The lowest BCUT2D eigenvalue weighted by Gasteiger charge is -2.08. The van der Waals surface area contributed by atoms with Crippen LogP contribution < -0.4 is 5.32 Å². The summed E-state index contributed by atoms with van der Waals surface area (Å²) < 4.78 is 0. The zero-order valence-corrected chi connectivity index (χ0v) is 7.06. The molecule has 0 bridgehead atoms. The predicted octanol–water partition coefficient (Wildman–Crippen LogP) is 1.48. The number of hydrogen-bond acceptors (Lipinski definition) is 2. The van der Waals surface area contributed by atoms with Crippen molar-refractivity contribution < 1.29 is 4.79 Å². The Balaban J connectivity index is 3.83. The van der Waals surface area contributed by atoms with Crippen LogP contribution in [0, 0.1) is 0 Å². The van der Waals surface area contributed by atoms with Gasteiger partial charge in [-0.15, -0.1) is 0 Å². The average Bonchev–Trinajstić information content (AvgIpc) is 1.58. The number of nitrogens with one attached hydrogen (secondary N) is 1. The summed E-state index contributed by atoms with van der Waals surface area (Å²) in [4.78, 5) is 10.5. The third-order valence-electron chi connectivity index (χ3n) is 0.936. The maximum atomic E-state index is 10.5. The van der Waals surface area contributed by atoms with E-state index in [-0.39, 0.29) is 5.78 Å². The highest BCUT2D eigenvalue weighted by Gasteiger charge is 1.92. The van der Waals surface area contributed by atoms with Gasteiger partial charge >= 0.3 is 0 Å². The molecule has 0 heterocycles. The molecule has 0 aliphatic heterocycles. The zero-order chi connectivity index (χ0) is 8.15. The molecule has 0 spiro atoms. The molecule has 0 unspecified atom stereocenters. The minimum atomic E-state index is 0.0886. The number of allylic oxidation sites excluding steroid dienone is 2. The first kappa shape index (κ1) is 9.21. The van der Waals surface area contributed by atoms with Crippen LogP contribution >= 0.6 is 0 Å². The van der Waals surface area contributed by atoms with Crippen LogP contribution in [-0.2, 0) is 4.79 Å². The molecule has 0 aliphatic rings. The summed E-state index contributed by atoms with van der Waals surface area (Å²) in [7, 11) is 0. The molecule has 0 aromatic carbocycles. The van der Waals surface area contributed by atoms with E-state index in [2.05, 4.69) is 5.32 Å². The van der Waals surface area contributed by atoms with E-state index in [9.17, 15) is 4.79 Å². The highest BCUT2D eigenvalue weighted by molar-refractivity contribution is 5.87. The second kappa shape index (κ2) is 4.09. The highest BCUT2D eigenvalue weighted by atomic mass is 16.1. The first-order valence-electron chi connectivity index (χ1n) is 3.47. The van der Waals surface area contributed by atoms with Crippen LogP contribution in [0.3, 0.4) is 0 Å². The molecular formula is C8H15NO. The highest BCUT2D eigenvalue weighted by Crippen LogP contribution is 1.89. The fourth-order valence-electron chi connectivity index (χ4n) is 0.802. The smallest absolute Gasteiger partial charge is 0.154 e. The lowest BCUT2D eigenvalue weighted by atomic mass is 10.3. The van der Waals surface area contributed by atoms with Crippen LogP contribution in [0.15, 0.2) is 11.8 Å². The van der Waals surface area contributed by atoms with E-state index in [4.69, 9.17) is 0 Å². The lowest BCUT2D eigenvalue weighted by molar-refractivity contribution is -0.112. The molecule has 0 aliphatic carbocycles. The van der Waals surface area contributed by atoms with Gasteiger partial charge in [0, 0.05) is 11.7 Å². The Morgan fingerprint density at radius 2 is 1.90 bits per heavy atom. The van der Waals surface area contributed by atoms with Crippen molar-refractivity contribution >= 4 is 5.78 Å². The molecule has 0 aromatic rings. The first-order valence-corrected chi connectivity index (χ1v) is 3.47. The van der Waals surface area contributed by atoms with Gasteiger partial charge in [-0.3, -0.25) is 4.79 Å². The molecule has 0 saturated carbocycles. The zero-order valence-electron chi connectivity index (χ0n) is 7.06. The van der Waals surface area contributed by atoms with Crippen molar-refractivity contribution in [3.8, 4) is 0 Å². The topological polar surface area (TPSA) is 29.1 Å². The van der Waals surface area contributed by atoms with Gasteiger partial charge in [-0.25, -0.2) is 0 Å². The molecule has 0 saturated heterocycles. The minimum Gasteiger partial charge on any atom is -0.386 e. The Hall–Kier alpha value is -0.790. The quantitative estimate of drug-likeness (QED) is 0.603. The van der Waals surface area contributed by atoms with Crippen LogP contribution in [0.4, 0.5) is 0 Å². The molecule has 10 heavy (non-hydrogen) atoms. The van der Waals surface area contributed by atoms with Gasteiger partial charge in [-0.05, 0) is 33.8 Å². The summed E-state index contributed by atoms with van der Waals surface area (Å²) in [5.74, 6) is 0.0886. The van der Waals surface area contributed by atoms with E-state index in [1.54, 1.807) is 13.0 Å². The number of carbonyl (C=O) groups excluding carboxylic acids is 1. The molecule has 0 radical (unpaired) electrons. The van der Waals surface area contributed by atoms with Gasteiger partial charge in [0.1, 0.15) is 0 Å². The number of rotatable bonds is 3. The predicted molar refractivity (Wildman–Crippen MR) is 42.7 cm³/mol. The molecule has 58 valence electrons. The molecule has 0 fully saturated rings. The summed E-state index contributed by atoms with van der Waals surface area (Å²) in [6, 6.07) is 0.399. The molecular weight excluding hydrogens is 126 g/mol. The first-order chi connectivity index (χ1) is 4.52. The summed E-state index contributed by atoms with van der Waals surface area (Å²) in [6.07, 6.45) is 1.60. The van der Waals surface area contributed by atoms with Gasteiger partial charge in [0.2, 0.25) is 0 Å². The van der Waals surface area contributed by atoms with Gasteiger partial charge < -0.3 is 5.32 Å². The van der Waals surface area contributed by atoms with Gasteiger partial charge in [-0.2, -0.15) is 0 Å². The van der Waals surface area contributed by atoms with Crippen molar-refractivity contribution in [3.63, 3.8) is 0 Å². The van der Waals surface area contributed by atoms with Crippen LogP contribution in [0.25, 0.3) is 0 Å². The van der Waals surface area contributed by atoms with E-state index in [0.717, 1.165) is 5.70 Å². The standard InChI is InChI=1S/C8H15NO/c1-6(2)9-7(3)5-8(4)10/h5-6,9H,1-4H3/b7-5+. The van der Waals surface area contributed by atoms with E-state index in [0.29, 0.717) is 6.04 Å². The van der Waals surface area contributed by atoms with E-state index < -0.39 is 0 Å². The summed E-state index contributed by atoms with van der Waals surface area (Å²) >= 11 is 0. The number of hydrogen-bond donors (Lipinski definition) is 1. The maximum Gasteiger partial charge on any atom is 0.154 e. The van der Waals surface area contributed by atoms with Crippen molar-refractivity contribution in [2.45, 2.75) is 33.7 Å². The van der Waals surface area contributed by atoms with Crippen molar-refractivity contribution in [1.82, 2.24) is 5.32 Å². The fourth-order valence-corrected chi connectivity index (χ4v) is 0.802. The molecule has 0 atom stereocenters. The molecule has 0 rings (SSSR count).